The second-order valence-corrected chi connectivity index (χ2v) is 12.7. The van der Waals surface area contributed by atoms with Crippen molar-refractivity contribution in [2.24, 2.45) is 5.41 Å². The molecule has 9 heteroatoms. The van der Waals surface area contributed by atoms with Crippen molar-refractivity contribution in [2.75, 3.05) is 12.9 Å². The van der Waals surface area contributed by atoms with Gasteiger partial charge in [-0.1, -0.05) is 55.0 Å². The normalized spacial score (nSPS) is 28.1. The van der Waals surface area contributed by atoms with Gasteiger partial charge in [-0.15, -0.1) is 11.8 Å². The summed E-state index contributed by atoms with van der Waals surface area (Å²) in [5.74, 6) is 0.104. The Morgan fingerprint density at radius 2 is 1.81 bits per heavy atom. The average Bonchev–Trinajstić information content (AvgIpc) is 3.03. The highest BCUT2D eigenvalue weighted by atomic mass is 32.2. The first-order chi connectivity index (χ1) is 17.1. The molecule has 2 aliphatic rings. The van der Waals surface area contributed by atoms with Gasteiger partial charge >= 0.3 is 5.97 Å². The maximum atomic E-state index is 13.9. The van der Waals surface area contributed by atoms with E-state index in [2.05, 4.69) is 0 Å². The fourth-order valence-corrected chi connectivity index (χ4v) is 8.24. The van der Waals surface area contributed by atoms with Gasteiger partial charge in [0.05, 0.1) is 23.6 Å². The number of fused-ring (bicyclic) bond motifs is 1. The van der Waals surface area contributed by atoms with Crippen molar-refractivity contribution in [3.8, 4) is 0 Å². The highest BCUT2D eigenvalue weighted by Crippen LogP contribution is 2.60. The number of thioether (sulfide) groups is 1. The van der Waals surface area contributed by atoms with Crippen molar-refractivity contribution in [3.63, 3.8) is 0 Å². The first-order valence-electron chi connectivity index (χ1n) is 12.1. The predicted molar refractivity (Wildman–Crippen MR) is 139 cm³/mol. The van der Waals surface area contributed by atoms with Crippen LogP contribution in [0.1, 0.15) is 44.2 Å². The lowest BCUT2D eigenvalue weighted by molar-refractivity contribution is -0.164. The number of likely N-dealkylation sites (tertiary alicyclic amines) is 1. The van der Waals surface area contributed by atoms with E-state index in [1.54, 1.807) is 17.0 Å². The monoisotopic (exact) mass is 531 g/mol. The lowest BCUT2D eigenvalue weighted by Crippen LogP contribution is -2.61. The molecule has 4 atom stereocenters. The number of nitrogens with zero attached hydrogens (tertiary/aromatic N) is 1. The van der Waals surface area contributed by atoms with Gasteiger partial charge < -0.3 is 9.64 Å². The number of carbonyl (C=O) groups excluding carboxylic acids is 2. The average molecular weight is 532 g/mol. The number of esters is 1. The Morgan fingerprint density at radius 3 is 2.42 bits per heavy atom. The van der Waals surface area contributed by atoms with Gasteiger partial charge in [0.15, 0.2) is 0 Å². The van der Waals surface area contributed by atoms with E-state index in [-0.39, 0.29) is 17.2 Å². The highest BCUT2D eigenvalue weighted by molar-refractivity contribution is 8.00. The first-order valence-corrected chi connectivity index (χ1v) is 14.6. The van der Waals surface area contributed by atoms with Crippen molar-refractivity contribution in [3.05, 3.63) is 65.7 Å². The molecule has 0 aromatic heterocycles. The third-order valence-electron chi connectivity index (χ3n) is 7.62. The van der Waals surface area contributed by atoms with E-state index in [9.17, 15) is 18.0 Å². The third kappa shape index (κ3) is 4.46. The van der Waals surface area contributed by atoms with Gasteiger partial charge in [0.2, 0.25) is 5.91 Å². The summed E-state index contributed by atoms with van der Waals surface area (Å²) >= 11 is 1.45. The summed E-state index contributed by atoms with van der Waals surface area (Å²) in [5.41, 5.74) is -0.223. The standard InChI is InChI=1S/C27H33NO6S2/c1-5-35-23-24(29)28(18-20-9-7-6-8-10-20)26(3)17-21(15-16-27(23,26)25(30)33-4)34-36(31,32)22-13-11-19(2)12-14-22/h6-14,21,23H,5,15-18H2,1-4H3/t21-,23-,26+,27+/m1/s1. The van der Waals surface area contributed by atoms with Crippen LogP contribution in [0.4, 0.5) is 0 Å². The summed E-state index contributed by atoms with van der Waals surface area (Å²) in [6, 6.07) is 16.1. The summed E-state index contributed by atoms with van der Waals surface area (Å²) in [4.78, 5) is 29.2. The van der Waals surface area contributed by atoms with Crippen molar-refractivity contribution in [2.45, 2.75) is 68.4 Å². The van der Waals surface area contributed by atoms with Crippen LogP contribution in [-0.2, 0) is 35.2 Å². The van der Waals surface area contributed by atoms with Crippen molar-refractivity contribution in [1.82, 2.24) is 4.90 Å². The molecule has 2 aromatic carbocycles. The second-order valence-electron chi connectivity index (χ2n) is 9.71. The molecule has 1 amide bonds. The van der Waals surface area contributed by atoms with Crippen LogP contribution in [0.3, 0.4) is 0 Å². The van der Waals surface area contributed by atoms with E-state index < -0.39 is 38.4 Å². The molecule has 36 heavy (non-hydrogen) atoms. The zero-order valence-electron chi connectivity index (χ0n) is 21.1. The van der Waals surface area contributed by atoms with E-state index in [0.29, 0.717) is 25.1 Å². The quantitative estimate of drug-likeness (QED) is 0.370. The Kier molecular flexibility index (Phi) is 7.55. The molecule has 7 nitrogen and oxygen atoms in total. The molecule has 0 bridgehead atoms. The minimum absolute atomic E-state index is 0.0890. The zero-order valence-corrected chi connectivity index (χ0v) is 22.7. The smallest absolute Gasteiger partial charge is 0.315 e. The number of rotatable bonds is 8. The van der Waals surface area contributed by atoms with E-state index in [0.717, 1.165) is 11.1 Å². The minimum atomic E-state index is -4.02. The minimum Gasteiger partial charge on any atom is -0.468 e. The van der Waals surface area contributed by atoms with Crippen LogP contribution in [0.2, 0.25) is 0 Å². The molecule has 1 aliphatic heterocycles. The van der Waals surface area contributed by atoms with Crippen LogP contribution in [0.5, 0.6) is 0 Å². The molecule has 2 fully saturated rings. The van der Waals surface area contributed by atoms with Crippen LogP contribution in [0.25, 0.3) is 0 Å². The maximum Gasteiger partial charge on any atom is 0.315 e. The van der Waals surface area contributed by atoms with Gasteiger partial charge in [0, 0.05) is 6.54 Å². The molecule has 1 saturated carbocycles. The molecule has 1 heterocycles. The molecule has 0 N–H and O–H groups in total. The number of methoxy groups -OCH3 is 1. The lowest BCUT2D eigenvalue weighted by atomic mass is 9.61. The number of amides is 1. The van der Waals surface area contributed by atoms with Crippen molar-refractivity contribution >= 4 is 33.8 Å². The highest BCUT2D eigenvalue weighted by Gasteiger charge is 2.72. The van der Waals surface area contributed by atoms with Crippen LogP contribution in [0, 0.1) is 12.3 Å². The van der Waals surface area contributed by atoms with Gasteiger partial charge in [-0.05, 0) is 56.6 Å². The molecular formula is C27H33NO6S2. The Hall–Kier alpha value is -2.36. The van der Waals surface area contributed by atoms with E-state index in [1.165, 1.54) is 31.0 Å². The SMILES string of the molecule is CCS[C@@H]1C(=O)N(Cc2ccccc2)[C@@]2(C)C[C@H](OS(=O)(=O)c3ccc(C)cc3)CC[C@@]12C(=O)OC. The fourth-order valence-electron chi connectivity index (χ4n) is 5.78. The molecule has 1 saturated heterocycles. The molecule has 0 spiro atoms. The summed E-state index contributed by atoms with van der Waals surface area (Å²) in [6.45, 7) is 6.04. The van der Waals surface area contributed by atoms with Crippen LogP contribution >= 0.6 is 11.8 Å². The molecular weight excluding hydrogens is 498 g/mol. The lowest BCUT2D eigenvalue weighted by Gasteiger charge is -2.51. The van der Waals surface area contributed by atoms with Crippen molar-refractivity contribution in [1.29, 1.82) is 0 Å². The first kappa shape index (κ1) is 26.7. The predicted octanol–water partition coefficient (Wildman–Crippen LogP) is 4.34. The summed E-state index contributed by atoms with van der Waals surface area (Å²) < 4.78 is 37.2. The Morgan fingerprint density at radius 1 is 1.14 bits per heavy atom. The molecule has 194 valence electrons. The van der Waals surface area contributed by atoms with Gasteiger partial charge in [0.25, 0.3) is 10.1 Å². The zero-order chi connectivity index (χ0) is 26.1. The van der Waals surface area contributed by atoms with Gasteiger partial charge in [-0.3, -0.25) is 13.8 Å². The Labute approximate surface area is 217 Å². The number of hydrogen-bond donors (Lipinski definition) is 0. The fraction of sp³-hybridized carbons (Fsp3) is 0.481. The van der Waals surface area contributed by atoms with E-state index >= 15 is 0 Å². The molecule has 0 unspecified atom stereocenters. The Bertz CT molecular complexity index is 1220. The van der Waals surface area contributed by atoms with E-state index in [4.69, 9.17) is 8.92 Å². The summed E-state index contributed by atoms with van der Waals surface area (Å²) in [7, 11) is -2.67. The molecule has 1 aliphatic carbocycles. The number of aryl methyl sites for hydroxylation is 1. The van der Waals surface area contributed by atoms with Crippen LogP contribution in [0.15, 0.2) is 59.5 Å². The van der Waals surface area contributed by atoms with Crippen molar-refractivity contribution < 1.29 is 26.9 Å². The number of carbonyl (C=O) groups is 2. The summed E-state index contributed by atoms with van der Waals surface area (Å²) in [5, 5.41) is -0.613. The molecule has 0 radical (unpaired) electrons. The number of benzene rings is 2. The van der Waals surface area contributed by atoms with Crippen LogP contribution in [-0.4, -0.2) is 54.9 Å². The molecule has 4 rings (SSSR count). The Balaban J connectivity index is 1.73. The third-order valence-corrected chi connectivity index (χ3v) is 10.3. The number of hydrogen-bond acceptors (Lipinski definition) is 7. The topological polar surface area (TPSA) is 90.0 Å². The maximum absolute atomic E-state index is 13.9. The second kappa shape index (κ2) is 10.2. The largest absolute Gasteiger partial charge is 0.468 e. The van der Waals surface area contributed by atoms with Gasteiger partial charge in [-0.25, -0.2) is 0 Å². The molecule has 2 aromatic rings. The van der Waals surface area contributed by atoms with E-state index in [1.807, 2.05) is 51.1 Å². The van der Waals surface area contributed by atoms with Crippen LogP contribution < -0.4 is 0 Å². The van der Waals surface area contributed by atoms with Gasteiger partial charge in [-0.2, -0.15) is 8.42 Å². The number of ether oxygens (including phenoxy) is 1. The summed E-state index contributed by atoms with van der Waals surface area (Å²) in [6.07, 6.45) is 0.129. The van der Waals surface area contributed by atoms with Gasteiger partial charge in [0.1, 0.15) is 10.7 Å².